The average Bonchev–Trinajstić information content (AvgIpc) is 2.41. The van der Waals surface area contributed by atoms with Gasteiger partial charge in [-0.3, -0.25) is 9.59 Å². The second-order valence-electron chi connectivity index (χ2n) is 4.17. The van der Waals surface area contributed by atoms with Gasteiger partial charge in [-0.15, -0.1) is 0 Å². The molecule has 0 saturated carbocycles. The van der Waals surface area contributed by atoms with Crippen LogP contribution in [0.5, 0.6) is 5.75 Å². The minimum Gasteiger partial charge on any atom is -0.508 e. The highest BCUT2D eigenvalue weighted by Gasteiger charge is 2.17. The number of carbonyl (C=O) groups is 2. The molecule has 1 aromatic carbocycles. The van der Waals surface area contributed by atoms with E-state index in [4.69, 9.17) is 16.3 Å². The molecule has 6 nitrogen and oxygen atoms in total. The first-order chi connectivity index (χ1) is 9.45. The third kappa shape index (κ3) is 4.71. The predicted molar refractivity (Wildman–Crippen MR) is 75.0 cm³/mol. The van der Waals surface area contributed by atoms with E-state index in [0.717, 1.165) is 0 Å². The van der Waals surface area contributed by atoms with Crippen molar-refractivity contribution in [3.8, 4) is 5.75 Å². The number of carbonyl (C=O) groups excluding carboxylic acids is 2. The lowest BCUT2D eigenvalue weighted by atomic mass is 10.2. The van der Waals surface area contributed by atoms with Gasteiger partial charge in [0.2, 0.25) is 5.91 Å². The molecule has 7 heteroatoms. The monoisotopic (exact) mass is 300 g/mol. The van der Waals surface area contributed by atoms with E-state index in [2.05, 4.69) is 5.32 Å². The summed E-state index contributed by atoms with van der Waals surface area (Å²) in [7, 11) is 3.02. The molecule has 2 N–H and O–H groups in total. The van der Waals surface area contributed by atoms with Crippen molar-refractivity contribution in [3.63, 3.8) is 0 Å². The second-order valence-corrected chi connectivity index (χ2v) is 4.58. The highest BCUT2D eigenvalue weighted by molar-refractivity contribution is 6.33. The van der Waals surface area contributed by atoms with Crippen molar-refractivity contribution in [2.45, 2.75) is 0 Å². The lowest BCUT2D eigenvalue weighted by molar-refractivity contribution is -0.121. The number of amides is 2. The number of nitrogens with one attached hydrogen (secondary N) is 1. The fourth-order valence-corrected chi connectivity index (χ4v) is 1.72. The Hall–Kier alpha value is -1.79. The van der Waals surface area contributed by atoms with Crippen molar-refractivity contribution in [2.75, 3.05) is 33.9 Å². The molecule has 0 aliphatic heterocycles. The van der Waals surface area contributed by atoms with E-state index >= 15 is 0 Å². The minimum absolute atomic E-state index is 0.0595. The van der Waals surface area contributed by atoms with E-state index in [1.165, 1.54) is 37.3 Å². The molecule has 0 radical (unpaired) electrons. The molecule has 1 rings (SSSR count). The van der Waals surface area contributed by atoms with Gasteiger partial charge in [0.05, 0.1) is 23.7 Å². The normalized spacial score (nSPS) is 10.2. The molecule has 2 amide bonds. The van der Waals surface area contributed by atoms with E-state index in [-0.39, 0.29) is 28.8 Å². The number of rotatable bonds is 6. The Labute approximate surface area is 122 Å². The number of aromatic hydroxyl groups is 1. The van der Waals surface area contributed by atoms with Gasteiger partial charge in [-0.2, -0.15) is 0 Å². The average molecular weight is 301 g/mol. The molecule has 1 aromatic rings. The molecule has 20 heavy (non-hydrogen) atoms. The van der Waals surface area contributed by atoms with E-state index in [1.807, 2.05) is 0 Å². The van der Waals surface area contributed by atoms with Crippen LogP contribution in [0.15, 0.2) is 18.2 Å². The molecular weight excluding hydrogens is 284 g/mol. The van der Waals surface area contributed by atoms with Gasteiger partial charge in [0.15, 0.2) is 0 Å². The lowest BCUT2D eigenvalue weighted by Gasteiger charge is -2.17. The molecular formula is C13H17ClN2O4. The van der Waals surface area contributed by atoms with Crippen molar-refractivity contribution >= 4 is 23.4 Å². The van der Waals surface area contributed by atoms with Crippen molar-refractivity contribution in [3.05, 3.63) is 28.8 Å². The molecule has 110 valence electrons. The van der Waals surface area contributed by atoms with Crippen LogP contribution >= 0.6 is 11.6 Å². The van der Waals surface area contributed by atoms with Gasteiger partial charge in [-0.25, -0.2) is 0 Å². The zero-order valence-corrected chi connectivity index (χ0v) is 12.1. The van der Waals surface area contributed by atoms with Gasteiger partial charge in [-0.05, 0) is 18.2 Å². The van der Waals surface area contributed by atoms with Crippen molar-refractivity contribution in [1.82, 2.24) is 10.2 Å². The number of phenols is 1. The van der Waals surface area contributed by atoms with Crippen LogP contribution in [0.3, 0.4) is 0 Å². The molecule has 0 fully saturated rings. The number of methoxy groups -OCH3 is 1. The minimum atomic E-state index is -0.437. The zero-order chi connectivity index (χ0) is 15.1. The van der Waals surface area contributed by atoms with Crippen LogP contribution in [0.1, 0.15) is 10.4 Å². The van der Waals surface area contributed by atoms with E-state index in [0.29, 0.717) is 13.2 Å². The van der Waals surface area contributed by atoms with Crippen LogP contribution in [-0.2, 0) is 9.53 Å². The smallest absolute Gasteiger partial charge is 0.255 e. The fraction of sp³-hybridized carbons (Fsp3) is 0.385. The second kappa shape index (κ2) is 7.72. The Bertz CT molecular complexity index is 493. The number of nitrogens with zero attached hydrogens (tertiary/aromatic N) is 1. The highest BCUT2D eigenvalue weighted by atomic mass is 35.5. The number of halogens is 1. The molecule has 0 heterocycles. The van der Waals surface area contributed by atoms with Gasteiger partial charge in [0.25, 0.3) is 5.91 Å². The van der Waals surface area contributed by atoms with Crippen molar-refractivity contribution in [2.24, 2.45) is 0 Å². The first-order valence-corrected chi connectivity index (χ1v) is 6.33. The summed E-state index contributed by atoms with van der Waals surface area (Å²) >= 11 is 5.90. The maximum Gasteiger partial charge on any atom is 0.255 e. The van der Waals surface area contributed by atoms with Crippen molar-refractivity contribution < 1.29 is 19.4 Å². The first kappa shape index (κ1) is 16.3. The molecule has 0 aliphatic rings. The van der Waals surface area contributed by atoms with Crippen LogP contribution in [0.2, 0.25) is 5.02 Å². The van der Waals surface area contributed by atoms with Gasteiger partial charge in [-0.1, -0.05) is 11.6 Å². The van der Waals surface area contributed by atoms with E-state index in [9.17, 15) is 14.7 Å². The summed E-state index contributed by atoms with van der Waals surface area (Å²) in [5.41, 5.74) is 0.152. The Morgan fingerprint density at radius 1 is 1.45 bits per heavy atom. The largest absolute Gasteiger partial charge is 0.508 e. The van der Waals surface area contributed by atoms with E-state index < -0.39 is 5.91 Å². The number of benzene rings is 1. The van der Waals surface area contributed by atoms with Crippen molar-refractivity contribution in [1.29, 1.82) is 0 Å². The lowest BCUT2D eigenvalue weighted by Crippen LogP contribution is -2.39. The van der Waals surface area contributed by atoms with Gasteiger partial charge >= 0.3 is 0 Å². The highest BCUT2D eigenvalue weighted by Crippen LogP contribution is 2.22. The summed E-state index contributed by atoms with van der Waals surface area (Å²) in [5, 5.41) is 12.2. The number of hydrogen-bond donors (Lipinski definition) is 2. The molecule has 0 unspecified atom stereocenters. The standard InChI is InChI=1S/C13H17ClN2O4/c1-16(8-12(18)15-5-6-20-2)13(19)10-7-9(17)3-4-11(10)14/h3-4,7,17H,5-6,8H2,1-2H3,(H,15,18). The van der Waals surface area contributed by atoms with Crippen LogP contribution in [0.4, 0.5) is 0 Å². The van der Waals surface area contributed by atoms with Gasteiger partial charge < -0.3 is 20.1 Å². The number of ether oxygens (including phenoxy) is 1. The Balaban J connectivity index is 2.62. The third-order valence-corrected chi connectivity index (χ3v) is 2.87. The van der Waals surface area contributed by atoms with Gasteiger partial charge in [0, 0.05) is 20.7 Å². The number of hydrogen-bond acceptors (Lipinski definition) is 4. The van der Waals surface area contributed by atoms with Gasteiger partial charge in [0.1, 0.15) is 5.75 Å². The molecule has 0 saturated heterocycles. The SMILES string of the molecule is COCCNC(=O)CN(C)C(=O)c1cc(O)ccc1Cl. The summed E-state index contributed by atoms with van der Waals surface area (Å²) in [6.07, 6.45) is 0. The zero-order valence-electron chi connectivity index (χ0n) is 11.4. The predicted octanol–water partition coefficient (Wildman–Crippen LogP) is 0.880. The maximum atomic E-state index is 12.1. The quantitative estimate of drug-likeness (QED) is 0.765. The number of likely N-dealkylation sites (N-methyl/N-ethyl adjacent to an activating group) is 1. The Kier molecular flexibility index (Phi) is 6.27. The third-order valence-electron chi connectivity index (χ3n) is 2.54. The molecule has 0 spiro atoms. The maximum absolute atomic E-state index is 12.1. The first-order valence-electron chi connectivity index (χ1n) is 5.95. The summed E-state index contributed by atoms with van der Waals surface area (Å²) in [6.45, 7) is 0.681. The summed E-state index contributed by atoms with van der Waals surface area (Å²) in [4.78, 5) is 24.9. The summed E-state index contributed by atoms with van der Waals surface area (Å²) in [6, 6.07) is 4.08. The Morgan fingerprint density at radius 3 is 2.80 bits per heavy atom. The molecule has 0 aromatic heterocycles. The van der Waals surface area contributed by atoms with Crippen LogP contribution in [0, 0.1) is 0 Å². The number of phenolic OH excluding ortho intramolecular Hbond substituents is 1. The molecule has 0 atom stereocenters. The van der Waals surface area contributed by atoms with Crippen LogP contribution < -0.4 is 5.32 Å². The Morgan fingerprint density at radius 2 is 2.15 bits per heavy atom. The summed E-state index contributed by atoms with van der Waals surface area (Å²) < 4.78 is 4.80. The van der Waals surface area contributed by atoms with E-state index in [1.54, 1.807) is 0 Å². The molecule has 0 aliphatic carbocycles. The van der Waals surface area contributed by atoms with Crippen LogP contribution in [-0.4, -0.2) is 55.7 Å². The molecule has 0 bridgehead atoms. The summed E-state index contributed by atoms with van der Waals surface area (Å²) in [5.74, 6) is -0.794. The fourth-order valence-electron chi connectivity index (χ4n) is 1.52. The van der Waals surface area contributed by atoms with Crippen LogP contribution in [0.25, 0.3) is 0 Å². The topological polar surface area (TPSA) is 78.9 Å².